The highest BCUT2D eigenvalue weighted by Gasteiger charge is 2.28. The van der Waals surface area contributed by atoms with E-state index in [0.717, 1.165) is 37.8 Å². The zero-order valence-electron chi connectivity index (χ0n) is 13.0. The molecule has 0 aromatic heterocycles. The largest absolute Gasteiger partial charge is 0.493 e. The van der Waals surface area contributed by atoms with Crippen molar-refractivity contribution in [2.75, 3.05) is 19.7 Å². The van der Waals surface area contributed by atoms with Gasteiger partial charge < -0.3 is 10.1 Å². The Morgan fingerprint density at radius 2 is 1.95 bits per heavy atom. The van der Waals surface area contributed by atoms with Gasteiger partial charge in [-0.15, -0.1) is 0 Å². The molecule has 1 aromatic rings. The van der Waals surface area contributed by atoms with Crippen LogP contribution in [-0.4, -0.2) is 19.7 Å². The molecule has 0 radical (unpaired) electrons. The van der Waals surface area contributed by atoms with Crippen molar-refractivity contribution in [3.63, 3.8) is 0 Å². The SMILES string of the molecule is CCCOc1ccccc1C1CCCCC1CNCC. The zero-order valence-corrected chi connectivity index (χ0v) is 13.0. The van der Waals surface area contributed by atoms with E-state index in [4.69, 9.17) is 4.74 Å². The monoisotopic (exact) mass is 275 g/mol. The summed E-state index contributed by atoms with van der Waals surface area (Å²) in [7, 11) is 0. The van der Waals surface area contributed by atoms with E-state index in [1.165, 1.54) is 31.2 Å². The van der Waals surface area contributed by atoms with Crippen LogP contribution < -0.4 is 10.1 Å². The molecule has 2 unspecified atom stereocenters. The molecule has 0 bridgehead atoms. The molecule has 1 fully saturated rings. The van der Waals surface area contributed by atoms with Gasteiger partial charge in [-0.2, -0.15) is 0 Å². The summed E-state index contributed by atoms with van der Waals surface area (Å²) in [5.74, 6) is 2.54. The molecule has 1 aromatic carbocycles. The zero-order chi connectivity index (χ0) is 14.2. The van der Waals surface area contributed by atoms with Gasteiger partial charge in [0.15, 0.2) is 0 Å². The minimum atomic E-state index is 0.663. The summed E-state index contributed by atoms with van der Waals surface area (Å²) < 4.78 is 5.97. The van der Waals surface area contributed by atoms with Crippen LogP contribution in [0.25, 0.3) is 0 Å². The smallest absolute Gasteiger partial charge is 0.122 e. The Balaban J connectivity index is 2.14. The quantitative estimate of drug-likeness (QED) is 0.798. The Kier molecular flexibility index (Phi) is 6.38. The second-order valence-electron chi connectivity index (χ2n) is 5.84. The average Bonchev–Trinajstić information content (AvgIpc) is 2.51. The summed E-state index contributed by atoms with van der Waals surface area (Å²) in [6.07, 6.45) is 6.46. The first-order valence-electron chi connectivity index (χ1n) is 8.29. The highest BCUT2D eigenvalue weighted by Crippen LogP contribution is 2.41. The summed E-state index contributed by atoms with van der Waals surface area (Å²) in [6.45, 7) is 7.38. The number of para-hydroxylation sites is 1. The van der Waals surface area contributed by atoms with Crippen molar-refractivity contribution in [3.8, 4) is 5.75 Å². The summed E-state index contributed by atoms with van der Waals surface area (Å²) in [4.78, 5) is 0. The van der Waals surface area contributed by atoms with Gasteiger partial charge in [0.1, 0.15) is 5.75 Å². The van der Waals surface area contributed by atoms with E-state index in [1.807, 2.05) is 0 Å². The summed E-state index contributed by atoms with van der Waals surface area (Å²) >= 11 is 0. The van der Waals surface area contributed by atoms with E-state index in [2.05, 4.69) is 43.4 Å². The van der Waals surface area contributed by atoms with Gasteiger partial charge >= 0.3 is 0 Å². The van der Waals surface area contributed by atoms with Gasteiger partial charge in [0.05, 0.1) is 6.61 Å². The first-order chi connectivity index (χ1) is 9.86. The lowest BCUT2D eigenvalue weighted by Gasteiger charge is -2.33. The third-order valence-electron chi connectivity index (χ3n) is 4.35. The Morgan fingerprint density at radius 1 is 1.15 bits per heavy atom. The predicted octanol–water partition coefficient (Wildman–Crippen LogP) is 4.36. The van der Waals surface area contributed by atoms with Crippen molar-refractivity contribution in [1.82, 2.24) is 5.32 Å². The maximum absolute atomic E-state index is 5.97. The molecule has 112 valence electrons. The molecule has 0 amide bonds. The van der Waals surface area contributed by atoms with Gasteiger partial charge in [0.2, 0.25) is 0 Å². The van der Waals surface area contributed by atoms with E-state index in [-0.39, 0.29) is 0 Å². The number of benzene rings is 1. The lowest BCUT2D eigenvalue weighted by molar-refractivity contribution is 0.275. The molecule has 2 rings (SSSR count). The van der Waals surface area contributed by atoms with Gasteiger partial charge in [0, 0.05) is 0 Å². The fourth-order valence-electron chi connectivity index (χ4n) is 3.32. The van der Waals surface area contributed by atoms with Crippen molar-refractivity contribution in [2.45, 2.75) is 51.9 Å². The van der Waals surface area contributed by atoms with Crippen molar-refractivity contribution < 1.29 is 4.74 Å². The number of ether oxygens (including phenoxy) is 1. The maximum Gasteiger partial charge on any atom is 0.122 e. The Hall–Kier alpha value is -1.02. The average molecular weight is 275 g/mol. The van der Waals surface area contributed by atoms with Crippen LogP contribution in [0.4, 0.5) is 0 Å². The van der Waals surface area contributed by atoms with E-state index in [9.17, 15) is 0 Å². The molecular formula is C18H29NO. The van der Waals surface area contributed by atoms with Gasteiger partial charge in [-0.05, 0) is 55.8 Å². The van der Waals surface area contributed by atoms with Crippen molar-refractivity contribution in [1.29, 1.82) is 0 Å². The van der Waals surface area contributed by atoms with E-state index in [1.54, 1.807) is 0 Å². The van der Waals surface area contributed by atoms with Crippen LogP contribution in [0.15, 0.2) is 24.3 Å². The minimum Gasteiger partial charge on any atom is -0.493 e. The predicted molar refractivity (Wildman–Crippen MR) is 85.5 cm³/mol. The normalized spacial score (nSPS) is 22.7. The molecule has 1 aliphatic rings. The highest BCUT2D eigenvalue weighted by atomic mass is 16.5. The highest BCUT2D eigenvalue weighted by molar-refractivity contribution is 5.37. The third kappa shape index (κ3) is 3.99. The van der Waals surface area contributed by atoms with Gasteiger partial charge in [0.25, 0.3) is 0 Å². The summed E-state index contributed by atoms with van der Waals surface area (Å²) in [5, 5.41) is 3.54. The summed E-state index contributed by atoms with van der Waals surface area (Å²) in [6, 6.07) is 8.67. The molecule has 0 aliphatic heterocycles. The van der Waals surface area contributed by atoms with E-state index >= 15 is 0 Å². The molecule has 20 heavy (non-hydrogen) atoms. The van der Waals surface area contributed by atoms with Crippen LogP contribution in [0, 0.1) is 5.92 Å². The van der Waals surface area contributed by atoms with Gasteiger partial charge in [-0.3, -0.25) is 0 Å². The van der Waals surface area contributed by atoms with Crippen molar-refractivity contribution in [3.05, 3.63) is 29.8 Å². The second-order valence-corrected chi connectivity index (χ2v) is 5.84. The first kappa shape index (κ1) is 15.4. The van der Waals surface area contributed by atoms with Crippen LogP contribution >= 0.6 is 0 Å². The number of rotatable bonds is 7. The molecule has 2 heteroatoms. The molecule has 1 N–H and O–H groups in total. The Labute approximate surface area is 123 Å². The molecule has 0 heterocycles. The van der Waals surface area contributed by atoms with Crippen LogP contribution in [0.3, 0.4) is 0 Å². The first-order valence-corrected chi connectivity index (χ1v) is 8.29. The lowest BCUT2D eigenvalue weighted by atomic mass is 9.75. The standard InChI is InChI=1S/C18H29NO/c1-3-13-20-18-12-8-7-11-17(18)16-10-6-5-9-15(16)14-19-4-2/h7-8,11-12,15-16,19H,3-6,9-10,13-14H2,1-2H3. The van der Waals surface area contributed by atoms with Crippen LogP contribution in [0.2, 0.25) is 0 Å². The van der Waals surface area contributed by atoms with Gasteiger partial charge in [-0.25, -0.2) is 0 Å². The van der Waals surface area contributed by atoms with Crippen LogP contribution in [0.1, 0.15) is 57.4 Å². The minimum absolute atomic E-state index is 0.663. The molecule has 2 atom stereocenters. The number of nitrogens with one attached hydrogen (secondary N) is 1. The fourth-order valence-corrected chi connectivity index (χ4v) is 3.32. The van der Waals surface area contributed by atoms with Gasteiger partial charge in [-0.1, -0.05) is 44.9 Å². The third-order valence-corrected chi connectivity index (χ3v) is 4.35. The molecule has 1 saturated carbocycles. The second kappa shape index (κ2) is 8.31. The maximum atomic E-state index is 5.97. The molecule has 1 aliphatic carbocycles. The van der Waals surface area contributed by atoms with Crippen molar-refractivity contribution in [2.24, 2.45) is 5.92 Å². The van der Waals surface area contributed by atoms with Crippen LogP contribution in [-0.2, 0) is 0 Å². The van der Waals surface area contributed by atoms with Crippen LogP contribution in [0.5, 0.6) is 5.75 Å². The number of hydrogen-bond acceptors (Lipinski definition) is 2. The molecule has 0 saturated heterocycles. The topological polar surface area (TPSA) is 21.3 Å². The summed E-state index contributed by atoms with van der Waals surface area (Å²) in [5.41, 5.74) is 1.43. The fraction of sp³-hybridized carbons (Fsp3) is 0.667. The molecular weight excluding hydrogens is 246 g/mol. The number of hydrogen-bond donors (Lipinski definition) is 1. The molecule has 0 spiro atoms. The van der Waals surface area contributed by atoms with Crippen molar-refractivity contribution >= 4 is 0 Å². The van der Waals surface area contributed by atoms with E-state index < -0.39 is 0 Å². The van der Waals surface area contributed by atoms with E-state index in [0.29, 0.717) is 5.92 Å². The Morgan fingerprint density at radius 3 is 2.75 bits per heavy atom. The molecule has 2 nitrogen and oxygen atoms in total. The Bertz CT molecular complexity index is 391. The lowest BCUT2D eigenvalue weighted by Crippen LogP contribution is -2.29.